The fourth-order valence-electron chi connectivity index (χ4n) is 1.67. The molecule has 6 nitrogen and oxygen atoms in total. The van der Waals surface area contributed by atoms with Crippen LogP contribution >= 0.6 is 0 Å². The van der Waals surface area contributed by atoms with Crippen LogP contribution in [0, 0.1) is 21.7 Å². The van der Waals surface area contributed by atoms with E-state index in [0.717, 1.165) is 12.1 Å². The Kier molecular flexibility index (Phi) is 4.29. The third kappa shape index (κ3) is 3.42. The van der Waals surface area contributed by atoms with Gasteiger partial charge in [-0.15, -0.1) is 0 Å². The molecule has 3 N–H and O–H groups in total. The molecule has 0 spiro atoms. The summed E-state index contributed by atoms with van der Waals surface area (Å²) in [6.07, 6.45) is 0. The van der Waals surface area contributed by atoms with Gasteiger partial charge in [-0.3, -0.25) is 16.0 Å². The van der Waals surface area contributed by atoms with E-state index < -0.39 is 16.6 Å². The number of nitrogen functional groups attached to an aromatic ring is 1. The molecule has 0 fully saturated rings. The van der Waals surface area contributed by atoms with Crippen molar-refractivity contribution < 1.29 is 18.4 Å². The average molecular weight is 295 g/mol. The van der Waals surface area contributed by atoms with Crippen LogP contribution in [0.25, 0.3) is 0 Å². The molecule has 0 aliphatic carbocycles. The highest BCUT2D eigenvalue weighted by atomic mass is 19.2. The van der Waals surface area contributed by atoms with Gasteiger partial charge in [-0.1, -0.05) is 6.07 Å². The summed E-state index contributed by atoms with van der Waals surface area (Å²) in [6.45, 7) is -0.0310. The van der Waals surface area contributed by atoms with Crippen molar-refractivity contribution >= 4 is 11.4 Å². The molecule has 0 amide bonds. The number of nitro groups is 1. The first-order valence-electron chi connectivity index (χ1n) is 5.83. The first-order chi connectivity index (χ1) is 10.0. The second kappa shape index (κ2) is 6.14. The van der Waals surface area contributed by atoms with Gasteiger partial charge in [-0.2, -0.15) is 0 Å². The highest BCUT2D eigenvalue weighted by Crippen LogP contribution is 2.25. The van der Waals surface area contributed by atoms with Crippen molar-refractivity contribution in [1.29, 1.82) is 0 Å². The highest BCUT2D eigenvalue weighted by Gasteiger charge is 2.14. The van der Waals surface area contributed by atoms with Crippen LogP contribution in [0.15, 0.2) is 36.4 Å². The van der Waals surface area contributed by atoms with Crippen molar-refractivity contribution in [3.8, 4) is 5.75 Å². The van der Waals surface area contributed by atoms with E-state index in [1.807, 2.05) is 0 Å². The zero-order chi connectivity index (χ0) is 15.4. The fraction of sp³-hybridized carbons (Fsp3) is 0.0769. The summed E-state index contributed by atoms with van der Waals surface area (Å²) >= 11 is 0. The number of nitrogens with zero attached hydrogens (tertiary/aromatic N) is 1. The van der Waals surface area contributed by atoms with Gasteiger partial charge in [0, 0.05) is 12.1 Å². The number of halogens is 2. The Balaban J connectivity index is 2.14. The van der Waals surface area contributed by atoms with E-state index in [4.69, 9.17) is 10.6 Å². The summed E-state index contributed by atoms with van der Waals surface area (Å²) in [5.74, 6) is 3.29. The molecule has 0 aliphatic heterocycles. The van der Waals surface area contributed by atoms with Crippen LogP contribution in [0.5, 0.6) is 5.75 Å². The Labute approximate surface area is 118 Å². The lowest BCUT2D eigenvalue weighted by Gasteiger charge is -2.08. The zero-order valence-corrected chi connectivity index (χ0v) is 10.7. The molecule has 8 heteroatoms. The number of hydrogen-bond donors (Lipinski definition) is 2. The maximum absolute atomic E-state index is 13.0. The number of ether oxygens (including phenoxy) is 1. The maximum atomic E-state index is 13.0. The van der Waals surface area contributed by atoms with Crippen LogP contribution in [-0.2, 0) is 6.61 Å². The third-order valence-electron chi connectivity index (χ3n) is 2.71. The smallest absolute Gasteiger partial charge is 0.294 e. The molecule has 0 unspecified atom stereocenters. The van der Waals surface area contributed by atoms with E-state index in [1.165, 1.54) is 18.2 Å². The molecule has 0 bridgehead atoms. The Hall–Kier alpha value is -2.74. The van der Waals surface area contributed by atoms with Crippen LogP contribution < -0.4 is 16.0 Å². The van der Waals surface area contributed by atoms with E-state index in [1.54, 1.807) is 6.07 Å². The van der Waals surface area contributed by atoms with Crippen molar-refractivity contribution in [3.63, 3.8) is 0 Å². The van der Waals surface area contributed by atoms with Crippen molar-refractivity contribution in [2.24, 2.45) is 5.84 Å². The summed E-state index contributed by atoms with van der Waals surface area (Å²) in [5.41, 5.74) is 2.67. The highest BCUT2D eigenvalue weighted by molar-refractivity contribution is 5.61. The summed E-state index contributed by atoms with van der Waals surface area (Å²) in [5, 5.41) is 10.9. The standard InChI is InChI=1S/C13H11F2N3O3/c14-10-3-2-9(6-11(10)15)21-7-8-1-4-12(17-16)13(5-8)18(19)20/h1-6,17H,7,16H2. The van der Waals surface area contributed by atoms with E-state index in [-0.39, 0.29) is 23.7 Å². The van der Waals surface area contributed by atoms with Gasteiger partial charge in [0.2, 0.25) is 0 Å². The van der Waals surface area contributed by atoms with Crippen molar-refractivity contribution in [2.45, 2.75) is 6.61 Å². The lowest BCUT2D eigenvalue weighted by Crippen LogP contribution is -2.09. The van der Waals surface area contributed by atoms with Crippen molar-refractivity contribution in [1.82, 2.24) is 0 Å². The maximum Gasteiger partial charge on any atom is 0.294 e. The van der Waals surface area contributed by atoms with Crippen molar-refractivity contribution in [3.05, 3.63) is 63.7 Å². The summed E-state index contributed by atoms with van der Waals surface area (Å²) in [4.78, 5) is 10.3. The SMILES string of the molecule is NNc1ccc(COc2ccc(F)c(F)c2)cc1[N+](=O)[O-]. The molecule has 0 atom stereocenters. The lowest BCUT2D eigenvalue weighted by molar-refractivity contribution is -0.384. The second-order valence-electron chi connectivity index (χ2n) is 4.12. The normalized spacial score (nSPS) is 10.2. The van der Waals surface area contributed by atoms with Gasteiger partial charge in [0.1, 0.15) is 18.0 Å². The van der Waals surface area contributed by atoms with Crippen molar-refractivity contribution in [2.75, 3.05) is 5.43 Å². The molecular weight excluding hydrogens is 284 g/mol. The van der Waals surface area contributed by atoms with E-state index in [0.29, 0.717) is 5.56 Å². The molecule has 0 saturated carbocycles. The van der Waals surface area contributed by atoms with Gasteiger partial charge in [0.15, 0.2) is 11.6 Å². The molecule has 0 aliphatic rings. The lowest BCUT2D eigenvalue weighted by atomic mass is 10.2. The molecule has 0 heterocycles. The topological polar surface area (TPSA) is 90.4 Å². The summed E-state index contributed by atoms with van der Waals surface area (Å²) < 4.78 is 31.0. The van der Waals surface area contributed by atoms with Crippen LogP contribution in [0.2, 0.25) is 0 Å². The van der Waals surface area contributed by atoms with Gasteiger partial charge in [-0.05, 0) is 23.8 Å². The molecular formula is C13H11F2N3O3. The van der Waals surface area contributed by atoms with Gasteiger partial charge in [0.05, 0.1) is 4.92 Å². The minimum atomic E-state index is -1.03. The first-order valence-corrected chi connectivity index (χ1v) is 5.83. The van der Waals surface area contributed by atoms with Crippen LogP contribution in [0.3, 0.4) is 0 Å². The second-order valence-corrected chi connectivity index (χ2v) is 4.12. The van der Waals surface area contributed by atoms with E-state index in [9.17, 15) is 18.9 Å². The number of hydrazine groups is 1. The predicted octanol–water partition coefficient (Wildman–Crippen LogP) is 2.74. The number of nitrogens with one attached hydrogen (secondary N) is 1. The number of nitro benzene ring substituents is 1. The average Bonchev–Trinajstić information content (AvgIpc) is 2.48. The molecule has 2 aromatic rings. The Morgan fingerprint density at radius 2 is 1.95 bits per heavy atom. The number of rotatable bonds is 5. The third-order valence-corrected chi connectivity index (χ3v) is 2.71. The monoisotopic (exact) mass is 295 g/mol. The van der Waals surface area contributed by atoms with Gasteiger partial charge in [-0.25, -0.2) is 8.78 Å². The van der Waals surface area contributed by atoms with Crippen LogP contribution in [0.4, 0.5) is 20.2 Å². The molecule has 0 saturated heterocycles. The molecule has 21 heavy (non-hydrogen) atoms. The largest absolute Gasteiger partial charge is 0.489 e. The quantitative estimate of drug-likeness (QED) is 0.503. The molecule has 2 rings (SSSR count). The fourth-order valence-corrected chi connectivity index (χ4v) is 1.67. The molecule has 2 aromatic carbocycles. The van der Waals surface area contributed by atoms with E-state index >= 15 is 0 Å². The molecule has 0 aromatic heterocycles. The summed E-state index contributed by atoms with van der Waals surface area (Å²) in [6, 6.07) is 7.40. The van der Waals surface area contributed by atoms with Gasteiger partial charge < -0.3 is 10.2 Å². The number of benzene rings is 2. The molecule has 110 valence electrons. The Morgan fingerprint density at radius 3 is 2.57 bits per heavy atom. The zero-order valence-electron chi connectivity index (χ0n) is 10.7. The predicted molar refractivity (Wildman–Crippen MR) is 71.6 cm³/mol. The Bertz CT molecular complexity index is 680. The first kappa shape index (κ1) is 14.7. The van der Waals surface area contributed by atoms with Crippen LogP contribution in [-0.4, -0.2) is 4.92 Å². The summed E-state index contributed by atoms with van der Waals surface area (Å²) in [7, 11) is 0. The van der Waals surface area contributed by atoms with Gasteiger partial charge >= 0.3 is 0 Å². The van der Waals surface area contributed by atoms with Crippen LogP contribution in [0.1, 0.15) is 5.56 Å². The molecule has 0 radical (unpaired) electrons. The van der Waals surface area contributed by atoms with E-state index in [2.05, 4.69) is 5.43 Å². The van der Waals surface area contributed by atoms with Gasteiger partial charge in [0.25, 0.3) is 5.69 Å². The Morgan fingerprint density at radius 1 is 1.19 bits per heavy atom. The number of hydrogen-bond acceptors (Lipinski definition) is 5. The number of anilines is 1. The minimum absolute atomic E-state index is 0.0310. The number of nitrogens with two attached hydrogens (primary N) is 1. The minimum Gasteiger partial charge on any atom is -0.489 e.